The first-order chi connectivity index (χ1) is 16.6. The third-order valence-electron chi connectivity index (χ3n) is 5.53. The zero-order valence-electron chi connectivity index (χ0n) is 20.1. The van der Waals surface area contributed by atoms with Gasteiger partial charge in [0.15, 0.2) is 0 Å². The van der Waals surface area contributed by atoms with Crippen molar-refractivity contribution in [1.82, 2.24) is 4.90 Å². The molecule has 6 nitrogen and oxygen atoms in total. The number of likely N-dealkylation sites (N-methyl/N-ethyl adjacent to an activating group) is 1. The van der Waals surface area contributed by atoms with E-state index < -0.39 is 0 Å². The van der Waals surface area contributed by atoms with Gasteiger partial charge in [-0.05, 0) is 68.4 Å². The molecule has 0 aliphatic carbocycles. The molecule has 7 heteroatoms. The molecule has 0 spiro atoms. The molecule has 3 aromatic carbocycles. The first kappa shape index (κ1) is 25.5. The van der Waals surface area contributed by atoms with Gasteiger partial charge in [-0.25, -0.2) is 0 Å². The highest BCUT2D eigenvalue weighted by molar-refractivity contribution is 8.00. The maximum Gasteiger partial charge on any atom is 0.150 e. The number of ether oxygens (including phenoxy) is 2. The number of anilines is 2. The van der Waals surface area contributed by atoms with Crippen LogP contribution in [-0.4, -0.2) is 58.6 Å². The molecule has 3 aromatic rings. The van der Waals surface area contributed by atoms with Crippen molar-refractivity contribution in [3.63, 3.8) is 0 Å². The Balaban J connectivity index is 0.000000192. The smallest absolute Gasteiger partial charge is 0.150 e. The van der Waals surface area contributed by atoms with E-state index in [4.69, 9.17) is 9.47 Å². The molecule has 1 saturated heterocycles. The predicted molar refractivity (Wildman–Crippen MR) is 142 cm³/mol. The maximum absolute atomic E-state index is 10.7. The number of carbonyl (C=O) groups is 1. The summed E-state index contributed by atoms with van der Waals surface area (Å²) in [5.74, 6) is 1.77. The van der Waals surface area contributed by atoms with Gasteiger partial charge in [0.25, 0.3) is 0 Å². The normalized spacial score (nSPS) is 13.8. The summed E-state index contributed by atoms with van der Waals surface area (Å²) < 4.78 is 13.9. The second-order valence-corrected chi connectivity index (χ2v) is 8.79. The van der Waals surface area contributed by atoms with E-state index in [9.17, 15) is 4.79 Å². The Morgan fingerprint density at radius 2 is 1.59 bits per heavy atom. The molecule has 0 atom stereocenters. The van der Waals surface area contributed by atoms with Gasteiger partial charge in [0.2, 0.25) is 0 Å². The fraction of sp³-hybridized carbons (Fsp3) is 0.296. The van der Waals surface area contributed by atoms with Crippen molar-refractivity contribution in [2.75, 3.05) is 57.1 Å². The van der Waals surface area contributed by atoms with Crippen molar-refractivity contribution in [1.29, 1.82) is 0 Å². The van der Waals surface area contributed by atoms with Crippen molar-refractivity contribution in [2.24, 2.45) is 0 Å². The van der Waals surface area contributed by atoms with E-state index >= 15 is 0 Å². The Hall–Kier alpha value is -3.16. The highest BCUT2D eigenvalue weighted by Gasteiger charge is 2.15. The van der Waals surface area contributed by atoms with Crippen LogP contribution >= 0.6 is 11.9 Å². The van der Waals surface area contributed by atoms with Gasteiger partial charge in [-0.3, -0.25) is 4.79 Å². The van der Waals surface area contributed by atoms with Gasteiger partial charge in [-0.1, -0.05) is 36.4 Å². The van der Waals surface area contributed by atoms with Crippen molar-refractivity contribution < 1.29 is 14.3 Å². The lowest BCUT2D eigenvalue weighted by atomic mass is 10.2. The van der Waals surface area contributed by atoms with Crippen LogP contribution in [0.25, 0.3) is 0 Å². The van der Waals surface area contributed by atoms with Gasteiger partial charge in [-0.15, -0.1) is 0 Å². The summed E-state index contributed by atoms with van der Waals surface area (Å²) >= 11 is 1.44. The standard InChI is InChI=1S/C14H13NO2S.C13H20N2O/c1-17-14-8-3-2-7-13(14)15-18-12-6-4-5-11(9-12)10-16;1-14-8-5-9-15(11-10-14)12-6-3-4-7-13(12)16-2/h2-10,15H,1H3;3-4,6-7H,5,8-11H2,1-2H3. The van der Waals surface area contributed by atoms with Crippen molar-refractivity contribution in [2.45, 2.75) is 11.3 Å². The topological polar surface area (TPSA) is 54.0 Å². The molecule has 1 fully saturated rings. The molecule has 34 heavy (non-hydrogen) atoms. The molecule has 0 unspecified atom stereocenters. The Morgan fingerprint density at radius 1 is 0.853 bits per heavy atom. The van der Waals surface area contributed by atoms with Crippen LogP contribution in [0.3, 0.4) is 0 Å². The number of hydrogen-bond donors (Lipinski definition) is 1. The first-order valence-electron chi connectivity index (χ1n) is 11.3. The number of nitrogens with one attached hydrogen (secondary N) is 1. The Labute approximate surface area is 207 Å². The van der Waals surface area contributed by atoms with E-state index in [2.05, 4.69) is 33.7 Å². The lowest BCUT2D eigenvalue weighted by Crippen LogP contribution is -2.28. The molecule has 1 aliphatic rings. The van der Waals surface area contributed by atoms with Crippen LogP contribution in [0.5, 0.6) is 11.5 Å². The second kappa shape index (κ2) is 13.5. The fourth-order valence-corrected chi connectivity index (χ4v) is 4.41. The first-order valence-corrected chi connectivity index (χ1v) is 12.1. The van der Waals surface area contributed by atoms with Crippen LogP contribution in [0.4, 0.5) is 11.4 Å². The molecule has 4 rings (SSSR count). The van der Waals surface area contributed by atoms with Crippen LogP contribution in [0, 0.1) is 0 Å². The SMILES string of the molecule is COc1ccccc1N1CCCN(C)CC1.COc1ccccc1NSc1cccc(C=O)c1. The van der Waals surface area contributed by atoms with Crippen LogP contribution in [-0.2, 0) is 0 Å². The quantitative estimate of drug-likeness (QED) is 0.356. The minimum Gasteiger partial charge on any atom is -0.495 e. The van der Waals surface area contributed by atoms with E-state index in [1.807, 2.05) is 54.6 Å². The van der Waals surface area contributed by atoms with E-state index in [0.717, 1.165) is 48.0 Å². The molecule has 1 aliphatic heterocycles. The maximum atomic E-state index is 10.7. The summed E-state index contributed by atoms with van der Waals surface area (Å²) in [7, 11) is 5.56. The summed E-state index contributed by atoms with van der Waals surface area (Å²) in [4.78, 5) is 16.5. The van der Waals surface area contributed by atoms with Crippen LogP contribution in [0.15, 0.2) is 77.7 Å². The van der Waals surface area contributed by atoms with Gasteiger partial charge < -0.3 is 24.0 Å². The summed E-state index contributed by atoms with van der Waals surface area (Å²) in [6.45, 7) is 4.51. The van der Waals surface area contributed by atoms with Crippen LogP contribution in [0.2, 0.25) is 0 Å². The summed E-state index contributed by atoms with van der Waals surface area (Å²) in [5, 5.41) is 0. The number of para-hydroxylation sites is 4. The summed E-state index contributed by atoms with van der Waals surface area (Å²) in [5.41, 5.74) is 2.80. The van der Waals surface area contributed by atoms with Crippen molar-refractivity contribution in [3.05, 3.63) is 78.4 Å². The van der Waals surface area contributed by atoms with Gasteiger partial charge in [-0.2, -0.15) is 0 Å². The number of methoxy groups -OCH3 is 2. The lowest BCUT2D eigenvalue weighted by Gasteiger charge is -2.24. The highest BCUT2D eigenvalue weighted by atomic mass is 32.2. The van der Waals surface area contributed by atoms with Gasteiger partial charge in [0.05, 0.1) is 25.6 Å². The summed E-state index contributed by atoms with van der Waals surface area (Å²) in [6.07, 6.45) is 2.06. The Bertz CT molecular complexity index is 1050. The number of rotatable bonds is 7. The molecule has 0 amide bonds. The molecular formula is C27H33N3O3S. The predicted octanol–water partition coefficient (Wildman–Crippen LogP) is 5.46. The van der Waals surface area contributed by atoms with E-state index in [1.54, 1.807) is 20.3 Å². The van der Waals surface area contributed by atoms with Gasteiger partial charge in [0.1, 0.15) is 17.8 Å². The third-order valence-corrected chi connectivity index (χ3v) is 6.34. The van der Waals surface area contributed by atoms with Gasteiger partial charge >= 0.3 is 0 Å². The second-order valence-electron chi connectivity index (χ2n) is 7.91. The molecule has 0 saturated carbocycles. The molecule has 1 heterocycles. The fourth-order valence-electron chi connectivity index (χ4n) is 3.67. The van der Waals surface area contributed by atoms with Crippen molar-refractivity contribution in [3.8, 4) is 11.5 Å². The zero-order chi connectivity index (χ0) is 24.2. The van der Waals surface area contributed by atoms with Gasteiger partial charge in [0, 0.05) is 30.1 Å². The lowest BCUT2D eigenvalue weighted by molar-refractivity contribution is 0.112. The number of nitrogens with zero attached hydrogens (tertiary/aromatic N) is 2. The van der Waals surface area contributed by atoms with Crippen LogP contribution < -0.4 is 19.1 Å². The summed E-state index contributed by atoms with van der Waals surface area (Å²) in [6, 6.07) is 23.4. The largest absolute Gasteiger partial charge is 0.495 e. The molecule has 180 valence electrons. The van der Waals surface area contributed by atoms with E-state index in [0.29, 0.717) is 5.56 Å². The number of hydrogen-bond acceptors (Lipinski definition) is 7. The van der Waals surface area contributed by atoms with E-state index in [-0.39, 0.29) is 0 Å². The minimum absolute atomic E-state index is 0.668. The Morgan fingerprint density at radius 3 is 2.35 bits per heavy atom. The highest BCUT2D eigenvalue weighted by Crippen LogP contribution is 2.29. The molecule has 0 radical (unpaired) electrons. The average Bonchev–Trinajstić information content (AvgIpc) is 3.12. The third kappa shape index (κ3) is 7.43. The number of benzene rings is 3. The minimum atomic E-state index is 0.668. The van der Waals surface area contributed by atoms with Crippen molar-refractivity contribution >= 4 is 29.6 Å². The monoisotopic (exact) mass is 479 g/mol. The van der Waals surface area contributed by atoms with Crippen LogP contribution in [0.1, 0.15) is 16.8 Å². The molecular weight excluding hydrogens is 446 g/mol. The Kier molecular flexibility index (Phi) is 10.1. The average molecular weight is 480 g/mol. The van der Waals surface area contributed by atoms with E-state index in [1.165, 1.54) is 30.6 Å². The number of aldehydes is 1. The molecule has 0 bridgehead atoms. The molecule has 0 aromatic heterocycles. The molecule has 1 N–H and O–H groups in total. The zero-order valence-corrected chi connectivity index (χ0v) is 20.9. The number of carbonyl (C=O) groups excluding carboxylic acids is 1.